The Hall–Kier alpha value is -3.00. The molecular formula is C17H15FN4O4S. The van der Waals surface area contributed by atoms with Crippen LogP contribution in [0.5, 0.6) is 0 Å². The average Bonchev–Trinajstić information content (AvgIpc) is 2.91. The van der Waals surface area contributed by atoms with E-state index >= 15 is 0 Å². The monoisotopic (exact) mass is 390 g/mol. The second-order valence-electron chi connectivity index (χ2n) is 5.90. The molecule has 0 radical (unpaired) electrons. The Kier molecular flexibility index (Phi) is 4.84. The number of anilines is 1. The number of nitrogens with zero attached hydrogens (tertiary/aromatic N) is 2. The number of aromatic nitrogens is 1. The Balaban J connectivity index is 2.02. The predicted molar refractivity (Wildman–Crippen MR) is 94.7 cm³/mol. The van der Waals surface area contributed by atoms with E-state index in [1.165, 1.54) is 42.1 Å². The van der Waals surface area contributed by atoms with E-state index in [9.17, 15) is 22.7 Å². The van der Waals surface area contributed by atoms with E-state index in [2.05, 4.69) is 10.0 Å². The number of carbonyl (C=O) groups is 1. The molecule has 2 aromatic rings. The van der Waals surface area contributed by atoms with Crippen LogP contribution >= 0.6 is 0 Å². The van der Waals surface area contributed by atoms with Crippen LogP contribution in [0.4, 0.5) is 10.1 Å². The van der Waals surface area contributed by atoms with E-state index in [-0.39, 0.29) is 27.4 Å². The fourth-order valence-electron chi connectivity index (χ4n) is 2.77. The van der Waals surface area contributed by atoms with E-state index in [1.807, 2.05) is 0 Å². The highest BCUT2D eigenvalue weighted by Gasteiger charge is 2.30. The zero-order chi connectivity index (χ0) is 19.8. The highest BCUT2D eigenvalue weighted by Crippen LogP contribution is 2.27. The number of aliphatic hydroxyl groups excluding tert-OH is 1. The lowest BCUT2D eigenvalue weighted by Crippen LogP contribution is -2.35. The lowest BCUT2D eigenvalue weighted by atomic mass is 10.1. The number of aryl methyl sites for hydroxylation is 1. The molecule has 0 saturated heterocycles. The quantitative estimate of drug-likeness (QED) is 0.720. The van der Waals surface area contributed by atoms with E-state index in [1.54, 1.807) is 6.07 Å². The summed E-state index contributed by atoms with van der Waals surface area (Å²) in [5, 5.41) is 20.7. The van der Waals surface area contributed by atoms with Crippen LogP contribution in [0.1, 0.15) is 21.6 Å². The first-order valence-electron chi connectivity index (χ1n) is 7.78. The SMILES string of the molecule is Cn1cc2c(c1C(=O)Nc1ccc(F)c(C#N)c1)C=CC(CO)NS2(=O)=O. The van der Waals surface area contributed by atoms with Gasteiger partial charge in [0, 0.05) is 24.5 Å². The van der Waals surface area contributed by atoms with Crippen LogP contribution in [0.25, 0.3) is 6.08 Å². The Morgan fingerprint density at radius 2 is 2.22 bits per heavy atom. The zero-order valence-electron chi connectivity index (χ0n) is 14.1. The van der Waals surface area contributed by atoms with Crippen molar-refractivity contribution in [2.75, 3.05) is 11.9 Å². The molecule has 1 aromatic carbocycles. The third kappa shape index (κ3) is 3.48. The number of nitriles is 1. The molecule has 140 valence electrons. The van der Waals surface area contributed by atoms with Crippen LogP contribution < -0.4 is 10.0 Å². The normalized spacial score (nSPS) is 17.6. The molecule has 0 bridgehead atoms. The lowest BCUT2D eigenvalue weighted by Gasteiger charge is -2.09. The van der Waals surface area contributed by atoms with Gasteiger partial charge in [0.15, 0.2) is 0 Å². The summed E-state index contributed by atoms with van der Waals surface area (Å²) in [5.74, 6) is -1.34. The summed E-state index contributed by atoms with van der Waals surface area (Å²) >= 11 is 0. The molecule has 1 amide bonds. The van der Waals surface area contributed by atoms with Crippen molar-refractivity contribution in [3.05, 3.63) is 53.1 Å². The second-order valence-corrected chi connectivity index (χ2v) is 7.58. The number of benzene rings is 1. The van der Waals surface area contributed by atoms with E-state index < -0.39 is 34.4 Å². The molecule has 1 unspecified atom stereocenters. The number of rotatable bonds is 3. The smallest absolute Gasteiger partial charge is 0.272 e. The van der Waals surface area contributed by atoms with Gasteiger partial charge in [0.05, 0.1) is 18.2 Å². The Morgan fingerprint density at radius 1 is 1.48 bits per heavy atom. The summed E-state index contributed by atoms with van der Waals surface area (Å²) in [7, 11) is -2.41. The maximum atomic E-state index is 13.4. The van der Waals surface area contributed by atoms with E-state index in [0.29, 0.717) is 0 Å². The maximum Gasteiger partial charge on any atom is 0.272 e. The molecule has 1 aliphatic heterocycles. The summed E-state index contributed by atoms with van der Waals surface area (Å²) in [6.07, 6.45) is 4.20. The van der Waals surface area contributed by atoms with Gasteiger partial charge in [-0.1, -0.05) is 12.2 Å². The number of hydrogen-bond acceptors (Lipinski definition) is 5. The molecule has 8 nitrogen and oxygen atoms in total. The van der Waals surface area contributed by atoms with Gasteiger partial charge in [-0.05, 0) is 18.2 Å². The molecule has 27 heavy (non-hydrogen) atoms. The molecule has 1 atom stereocenters. The van der Waals surface area contributed by atoms with Crippen molar-refractivity contribution in [2.24, 2.45) is 7.05 Å². The minimum absolute atomic E-state index is 0.0630. The van der Waals surface area contributed by atoms with Crippen molar-refractivity contribution in [2.45, 2.75) is 10.9 Å². The van der Waals surface area contributed by atoms with Gasteiger partial charge >= 0.3 is 0 Å². The second kappa shape index (κ2) is 6.96. The minimum Gasteiger partial charge on any atom is -0.394 e. The molecule has 2 heterocycles. The summed E-state index contributed by atoms with van der Waals surface area (Å²) < 4.78 is 42.0. The van der Waals surface area contributed by atoms with Gasteiger partial charge in [0.1, 0.15) is 22.5 Å². The average molecular weight is 390 g/mol. The van der Waals surface area contributed by atoms with Crippen LogP contribution in [0, 0.1) is 17.1 Å². The molecule has 0 spiro atoms. The molecule has 0 aliphatic carbocycles. The number of aliphatic hydroxyl groups is 1. The summed E-state index contributed by atoms with van der Waals surface area (Å²) in [6.45, 7) is -0.430. The van der Waals surface area contributed by atoms with Crippen LogP contribution in [-0.4, -0.2) is 36.6 Å². The van der Waals surface area contributed by atoms with Crippen LogP contribution in [0.2, 0.25) is 0 Å². The topological polar surface area (TPSA) is 124 Å². The largest absolute Gasteiger partial charge is 0.394 e. The number of carbonyl (C=O) groups excluding carboxylic acids is 1. The molecule has 1 aliphatic rings. The lowest BCUT2D eigenvalue weighted by molar-refractivity contribution is 0.101. The van der Waals surface area contributed by atoms with Gasteiger partial charge in [-0.2, -0.15) is 5.26 Å². The first-order valence-corrected chi connectivity index (χ1v) is 9.27. The molecule has 0 saturated carbocycles. The summed E-state index contributed by atoms with van der Waals surface area (Å²) in [6, 6.07) is 4.41. The Morgan fingerprint density at radius 3 is 2.89 bits per heavy atom. The van der Waals surface area contributed by atoms with Crippen molar-refractivity contribution >= 4 is 27.7 Å². The summed E-state index contributed by atoms with van der Waals surface area (Å²) in [5.41, 5.74) is 0.199. The van der Waals surface area contributed by atoms with Crippen molar-refractivity contribution in [3.63, 3.8) is 0 Å². The molecule has 1 aromatic heterocycles. The maximum absolute atomic E-state index is 13.4. The summed E-state index contributed by atoms with van der Waals surface area (Å²) in [4.78, 5) is 12.6. The Labute approximate surface area is 154 Å². The van der Waals surface area contributed by atoms with Crippen molar-refractivity contribution in [1.29, 1.82) is 5.26 Å². The van der Waals surface area contributed by atoms with E-state index in [0.717, 1.165) is 6.07 Å². The van der Waals surface area contributed by atoms with Gasteiger partial charge in [-0.15, -0.1) is 0 Å². The van der Waals surface area contributed by atoms with Crippen LogP contribution in [0.15, 0.2) is 35.4 Å². The highest BCUT2D eigenvalue weighted by atomic mass is 32.2. The highest BCUT2D eigenvalue weighted by molar-refractivity contribution is 7.89. The first kappa shape index (κ1) is 18.8. The predicted octanol–water partition coefficient (Wildman–Crippen LogP) is 0.954. The van der Waals surface area contributed by atoms with Crippen molar-refractivity contribution in [1.82, 2.24) is 9.29 Å². The molecule has 10 heteroatoms. The fraction of sp³-hybridized carbons (Fsp3) is 0.176. The van der Waals surface area contributed by atoms with Gasteiger partial charge in [-0.3, -0.25) is 4.79 Å². The minimum atomic E-state index is -3.93. The number of fused-ring (bicyclic) bond motifs is 1. The number of sulfonamides is 1. The van der Waals surface area contributed by atoms with Gasteiger partial charge in [-0.25, -0.2) is 17.5 Å². The number of amides is 1. The van der Waals surface area contributed by atoms with Crippen LogP contribution in [-0.2, 0) is 17.1 Å². The van der Waals surface area contributed by atoms with Crippen LogP contribution in [0.3, 0.4) is 0 Å². The number of nitrogens with one attached hydrogen (secondary N) is 2. The van der Waals surface area contributed by atoms with Gasteiger partial charge in [0.25, 0.3) is 5.91 Å². The number of halogens is 1. The van der Waals surface area contributed by atoms with Gasteiger partial charge in [0.2, 0.25) is 10.0 Å². The van der Waals surface area contributed by atoms with E-state index in [4.69, 9.17) is 5.26 Å². The fourth-order valence-corrected chi connectivity index (χ4v) is 4.20. The zero-order valence-corrected chi connectivity index (χ0v) is 14.9. The molecule has 3 N–H and O–H groups in total. The van der Waals surface area contributed by atoms with Gasteiger partial charge < -0.3 is 15.0 Å². The molecule has 3 rings (SSSR count). The molecule has 0 fully saturated rings. The molecular weight excluding hydrogens is 375 g/mol. The third-order valence-electron chi connectivity index (χ3n) is 4.03. The number of hydrogen-bond donors (Lipinski definition) is 3. The van der Waals surface area contributed by atoms with Crippen molar-refractivity contribution in [3.8, 4) is 6.07 Å². The standard InChI is InChI=1S/C17H15FN4O4S/c1-22-8-15-13(4-2-12(9-23)21-27(15,25)26)16(22)17(24)20-11-3-5-14(18)10(6-11)7-19/h2-6,8,12,21,23H,9H2,1H3,(H,20,24). The third-order valence-corrected chi connectivity index (χ3v) is 5.55. The first-order chi connectivity index (χ1) is 12.8. The Bertz CT molecular complexity index is 1100. The van der Waals surface area contributed by atoms with Crippen molar-refractivity contribution < 1.29 is 22.7 Å².